The van der Waals surface area contributed by atoms with Crippen LogP contribution in [0, 0.1) is 13.8 Å². The standard InChI is InChI=1S/C11H12F2O/c1-7-3-4-8(2)9(5-7)6-10(14)11(12)13/h3-5,11H,6H2,1-2H3. The van der Waals surface area contributed by atoms with E-state index in [9.17, 15) is 13.6 Å². The number of halogens is 2. The van der Waals surface area contributed by atoms with Gasteiger partial charge in [0.2, 0.25) is 5.78 Å². The fraction of sp³-hybridized carbons (Fsp3) is 0.364. The minimum Gasteiger partial charge on any atom is -0.293 e. The summed E-state index contributed by atoms with van der Waals surface area (Å²) in [7, 11) is 0. The third-order valence-corrected chi connectivity index (χ3v) is 2.11. The number of carbonyl (C=O) groups is 1. The van der Waals surface area contributed by atoms with Crippen molar-refractivity contribution in [2.75, 3.05) is 0 Å². The fourth-order valence-corrected chi connectivity index (χ4v) is 1.26. The van der Waals surface area contributed by atoms with Crippen molar-refractivity contribution in [3.05, 3.63) is 34.9 Å². The van der Waals surface area contributed by atoms with Gasteiger partial charge in [-0.15, -0.1) is 0 Å². The molecule has 0 amide bonds. The van der Waals surface area contributed by atoms with Gasteiger partial charge in [-0.1, -0.05) is 23.8 Å². The van der Waals surface area contributed by atoms with E-state index in [0.29, 0.717) is 5.56 Å². The van der Waals surface area contributed by atoms with Gasteiger partial charge in [0.05, 0.1) is 0 Å². The smallest absolute Gasteiger partial charge is 0.293 e. The summed E-state index contributed by atoms with van der Waals surface area (Å²) < 4.78 is 24.0. The Balaban J connectivity index is 2.86. The molecule has 1 nitrogen and oxygen atoms in total. The highest BCUT2D eigenvalue weighted by Gasteiger charge is 2.16. The Kier molecular flexibility index (Phi) is 3.33. The number of hydrogen-bond donors (Lipinski definition) is 0. The summed E-state index contributed by atoms with van der Waals surface area (Å²) >= 11 is 0. The van der Waals surface area contributed by atoms with Crippen LogP contribution in [0.1, 0.15) is 16.7 Å². The zero-order valence-electron chi connectivity index (χ0n) is 8.18. The number of alkyl halides is 2. The first-order valence-electron chi connectivity index (χ1n) is 4.37. The van der Waals surface area contributed by atoms with Crippen molar-refractivity contribution < 1.29 is 13.6 Å². The molecule has 0 saturated heterocycles. The summed E-state index contributed by atoms with van der Waals surface area (Å²) in [5.74, 6) is -1.02. The summed E-state index contributed by atoms with van der Waals surface area (Å²) in [6, 6.07) is 5.50. The summed E-state index contributed by atoms with van der Waals surface area (Å²) in [4.78, 5) is 10.8. The number of benzene rings is 1. The van der Waals surface area contributed by atoms with Crippen LogP contribution in [0.3, 0.4) is 0 Å². The zero-order valence-corrected chi connectivity index (χ0v) is 8.18. The van der Waals surface area contributed by atoms with Crippen LogP contribution >= 0.6 is 0 Å². The molecule has 14 heavy (non-hydrogen) atoms. The summed E-state index contributed by atoms with van der Waals surface area (Å²) in [6.07, 6.45) is -3.04. The molecule has 3 heteroatoms. The van der Waals surface area contributed by atoms with E-state index in [1.807, 2.05) is 26.0 Å². The monoisotopic (exact) mass is 198 g/mol. The Morgan fingerprint density at radius 3 is 2.57 bits per heavy atom. The van der Waals surface area contributed by atoms with Gasteiger partial charge >= 0.3 is 0 Å². The Labute approximate surface area is 81.7 Å². The number of hydrogen-bond acceptors (Lipinski definition) is 1. The lowest BCUT2D eigenvalue weighted by Gasteiger charge is -2.05. The van der Waals surface area contributed by atoms with Gasteiger partial charge in [0.25, 0.3) is 6.43 Å². The number of ketones is 1. The predicted octanol–water partition coefficient (Wildman–Crippen LogP) is 2.68. The van der Waals surface area contributed by atoms with E-state index >= 15 is 0 Å². The van der Waals surface area contributed by atoms with Crippen LogP contribution < -0.4 is 0 Å². The molecule has 0 fully saturated rings. The van der Waals surface area contributed by atoms with E-state index < -0.39 is 12.2 Å². The van der Waals surface area contributed by atoms with Crippen molar-refractivity contribution in [1.82, 2.24) is 0 Å². The maximum atomic E-state index is 12.0. The van der Waals surface area contributed by atoms with Gasteiger partial charge in [0.1, 0.15) is 0 Å². The zero-order chi connectivity index (χ0) is 10.7. The summed E-state index contributed by atoms with van der Waals surface area (Å²) in [6.45, 7) is 3.68. The van der Waals surface area contributed by atoms with Crippen LogP contribution in [-0.2, 0) is 11.2 Å². The van der Waals surface area contributed by atoms with Crippen molar-refractivity contribution in [3.63, 3.8) is 0 Å². The highest BCUT2D eigenvalue weighted by atomic mass is 19.3. The van der Waals surface area contributed by atoms with E-state index in [4.69, 9.17) is 0 Å². The molecular formula is C11H12F2O. The predicted molar refractivity (Wildman–Crippen MR) is 50.6 cm³/mol. The Hall–Kier alpha value is -1.25. The molecule has 0 aromatic heterocycles. The first kappa shape index (κ1) is 10.8. The van der Waals surface area contributed by atoms with Gasteiger partial charge in [0.15, 0.2) is 0 Å². The molecule has 0 unspecified atom stereocenters. The van der Waals surface area contributed by atoms with Gasteiger partial charge in [-0.2, -0.15) is 0 Å². The Morgan fingerprint density at radius 2 is 2.00 bits per heavy atom. The highest BCUT2D eigenvalue weighted by molar-refractivity contribution is 5.84. The quantitative estimate of drug-likeness (QED) is 0.729. The van der Waals surface area contributed by atoms with Crippen molar-refractivity contribution in [3.8, 4) is 0 Å². The van der Waals surface area contributed by atoms with Gasteiger partial charge in [-0.25, -0.2) is 8.78 Å². The summed E-state index contributed by atoms with van der Waals surface area (Å²) in [5, 5.41) is 0. The van der Waals surface area contributed by atoms with E-state index in [2.05, 4.69) is 0 Å². The second kappa shape index (κ2) is 4.31. The van der Waals surface area contributed by atoms with Gasteiger partial charge in [-0.05, 0) is 25.0 Å². The molecule has 0 bridgehead atoms. The SMILES string of the molecule is Cc1ccc(C)c(CC(=O)C(F)F)c1. The second-order valence-corrected chi connectivity index (χ2v) is 3.37. The second-order valence-electron chi connectivity index (χ2n) is 3.37. The molecular weight excluding hydrogens is 186 g/mol. The minimum absolute atomic E-state index is 0.175. The van der Waals surface area contributed by atoms with Gasteiger partial charge < -0.3 is 0 Å². The molecule has 0 radical (unpaired) electrons. The third kappa shape index (κ3) is 2.62. The van der Waals surface area contributed by atoms with Crippen molar-refractivity contribution in [2.45, 2.75) is 26.7 Å². The van der Waals surface area contributed by atoms with Gasteiger partial charge in [0, 0.05) is 6.42 Å². The van der Waals surface area contributed by atoms with E-state index in [1.165, 1.54) is 0 Å². The lowest BCUT2D eigenvalue weighted by molar-refractivity contribution is -0.128. The summed E-state index contributed by atoms with van der Waals surface area (Å²) in [5.41, 5.74) is 2.55. The molecule has 1 rings (SSSR count). The van der Waals surface area contributed by atoms with Crippen LogP contribution in [0.5, 0.6) is 0 Å². The molecule has 76 valence electrons. The van der Waals surface area contributed by atoms with E-state index in [-0.39, 0.29) is 6.42 Å². The molecule has 1 aromatic carbocycles. The van der Waals surface area contributed by atoms with Crippen LogP contribution in [0.15, 0.2) is 18.2 Å². The maximum Gasteiger partial charge on any atom is 0.296 e. The van der Waals surface area contributed by atoms with Crippen molar-refractivity contribution >= 4 is 5.78 Å². The van der Waals surface area contributed by atoms with Crippen molar-refractivity contribution in [2.24, 2.45) is 0 Å². The molecule has 0 aliphatic carbocycles. The Morgan fingerprint density at radius 1 is 1.36 bits per heavy atom. The molecule has 0 atom stereocenters. The average Bonchev–Trinajstić information content (AvgIpc) is 2.11. The molecule has 0 aliphatic heterocycles. The first-order chi connectivity index (χ1) is 6.50. The maximum absolute atomic E-state index is 12.0. The topological polar surface area (TPSA) is 17.1 Å². The average molecular weight is 198 g/mol. The minimum atomic E-state index is -2.87. The molecule has 1 aromatic rings. The van der Waals surface area contributed by atoms with Crippen LogP contribution in [-0.4, -0.2) is 12.2 Å². The van der Waals surface area contributed by atoms with Crippen molar-refractivity contribution in [1.29, 1.82) is 0 Å². The lowest BCUT2D eigenvalue weighted by atomic mass is 10.0. The molecule has 0 N–H and O–H groups in total. The van der Waals surface area contributed by atoms with E-state index in [0.717, 1.165) is 11.1 Å². The number of Topliss-reactive ketones (excluding diaryl/α,β-unsaturated/α-hetero) is 1. The molecule has 0 aliphatic rings. The van der Waals surface area contributed by atoms with Crippen LogP contribution in [0.4, 0.5) is 8.78 Å². The normalized spacial score (nSPS) is 10.6. The Bertz CT molecular complexity index is 345. The van der Waals surface area contributed by atoms with E-state index in [1.54, 1.807) is 6.07 Å². The molecule has 0 heterocycles. The third-order valence-electron chi connectivity index (χ3n) is 2.11. The largest absolute Gasteiger partial charge is 0.296 e. The van der Waals surface area contributed by atoms with Crippen LogP contribution in [0.2, 0.25) is 0 Å². The lowest BCUT2D eigenvalue weighted by Crippen LogP contribution is -2.13. The molecule has 0 spiro atoms. The van der Waals surface area contributed by atoms with Crippen LogP contribution in [0.25, 0.3) is 0 Å². The number of carbonyl (C=O) groups excluding carboxylic acids is 1. The molecule has 0 saturated carbocycles. The number of rotatable bonds is 3. The fourth-order valence-electron chi connectivity index (χ4n) is 1.26. The van der Waals surface area contributed by atoms with Gasteiger partial charge in [-0.3, -0.25) is 4.79 Å². The number of aryl methyl sites for hydroxylation is 2. The first-order valence-corrected chi connectivity index (χ1v) is 4.37. The highest BCUT2D eigenvalue weighted by Crippen LogP contribution is 2.13.